The van der Waals surface area contributed by atoms with Crippen LogP contribution in [0.1, 0.15) is 28.7 Å². The van der Waals surface area contributed by atoms with Crippen molar-refractivity contribution in [2.75, 3.05) is 11.5 Å². The van der Waals surface area contributed by atoms with Gasteiger partial charge in [-0.05, 0) is 68.2 Å². The van der Waals surface area contributed by atoms with Crippen molar-refractivity contribution in [3.63, 3.8) is 0 Å². The third-order valence-corrected chi connectivity index (χ3v) is 9.21. The largest absolute Gasteiger partial charge is 0.438 e. The Balaban J connectivity index is 1.62. The van der Waals surface area contributed by atoms with E-state index >= 15 is 0 Å². The van der Waals surface area contributed by atoms with Gasteiger partial charge in [0.05, 0.1) is 22.5 Å². The molecule has 8 nitrogen and oxygen atoms in total. The Morgan fingerprint density at radius 2 is 1.89 bits per heavy atom. The number of hydrogen-bond acceptors (Lipinski definition) is 8. The maximum atomic E-state index is 13.6. The zero-order valence-electron chi connectivity index (χ0n) is 19.8. The topological polar surface area (TPSA) is 98.1 Å². The van der Waals surface area contributed by atoms with Gasteiger partial charge in [0.25, 0.3) is 11.5 Å². The van der Waals surface area contributed by atoms with Crippen LogP contribution < -0.4 is 10.3 Å². The Morgan fingerprint density at radius 3 is 2.56 bits per heavy atom. The van der Waals surface area contributed by atoms with Crippen LogP contribution in [0, 0.1) is 20.8 Å². The lowest BCUT2D eigenvalue weighted by atomic mass is 10.1. The minimum atomic E-state index is -3.21. The third kappa shape index (κ3) is 4.58. The summed E-state index contributed by atoms with van der Waals surface area (Å²) in [6.07, 6.45) is 3.40. The summed E-state index contributed by atoms with van der Waals surface area (Å²) in [5.74, 6) is 0.0893. The molecule has 1 aromatic carbocycles. The highest BCUT2D eigenvalue weighted by Crippen LogP contribution is 2.37. The molecule has 1 unspecified atom stereocenters. The smallest absolute Gasteiger partial charge is 0.269 e. The van der Waals surface area contributed by atoms with Crippen molar-refractivity contribution in [3.8, 4) is 11.6 Å². The van der Waals surface area contributed by atoms with Gasteiger partial charge in [-0.15, -0.1) is 0 Å². The molecule has 2 aliphatic rings. The van der Waals surface area contributed by atoms with Crippen LogP contribution in [0.4, 0.5) is 0 Å². The zero-order valence-corrected chi connectivity index (χ0v) is 22.3. The number of aromatic nitrogens is 2. The van der Waals surface area contributed by atoms with Crippen LogP contribution in [-0.4, -0.2) is 50.5 Å². The minimum absolute atomic E-state index is 0.0248. The number of carbonyl (C=O) groups excluding carboxylic acids is 1. The normalized spacial score (nSPS) is 20.6. The Hall–Kier alpha value is -3.02. The Labute approximate surface area is 217 Å². The van der Waals surface area contributed by atoms with Crippen LogP contribution >= 0.6 is 24.0 Å². The van der Waals surface area contributed by atoms with E-state index in [0.29, 0.717) is 17.8 Å². The fourth-order valence-electron chi connectivity index (χ4n) is 4.50. The molecule has 4 heterocycles. The van der Waals surface area contributed by atoms with Gasteiger partial charge < -0.3 is 4.74 Å². The molecule has 0 radical (unpaired) electrons. The number of fused-ring (bicyclic) bond motifs is 1. The lowest BCUT2D eigenvalue weighted by molar-refractivity contribution is -0.123. The summed E-state index contributed by atoms with van der Waals surface area (Å²) in [6.45, 7) is 5.74. The molecule has 0 aliphatic carbocycles. The Bertz CT molecular complexity index is 1620. The first kappa shape index (κ1) is 24.7. The van der Waals surface area contributed by atoms with Crippen LogP contribution in [-0.2, 0) is 14.6 Å². The van der Waals surface area contributed by atoms with Gasteiger partial charge in [0, 0.05) is 6.20 Å². The van der Waals surface area contributed by atoms with Crippen LogP contribution in [0.25, 0.3) is 11.7 Å². The van der Waals surface area contributed by atoms with Gasteiger partial charge in [-0.1, -0.05) is 36.1 Å². The average Bonchev–Trinajstić information content (AvgIpc) is 3.28. The lowest BCUT2D eigenvalue weighted by Gasteiger charge is -2.20. The van der Waals surface area contributed by atoms with Gasteiger partial charge in [-0.2, -0.15) is 4.98 Å². The second-order valence-corrected chi connectivity index (χ2v) is 13.0. The second kappa shape index (κ2) is 9.13. The summed E-state index contributed by atoms with van der Waals surface area (Å²) in [5.41, 5.74) is 2.94. The molecule has 0 N–H and O–H groups in total. The predicted octanol–water partition coefficient (Wildman–Crippen LogP) is 3.80. The number of rotatable bonds is 4. The van der Waals surface area contributed by atoms with E-state index in [2.05, 4.69) is 4.98 Å². The van der Waals surface area contributed by atoms with Gasteiger partial charge in [-0.25, -0.2) is 8.42 Å². The fraction of sp³-hybridized carbons (Fsp3) is 0.280. The second-order valence-electron chi connectivity index (χ2n) is 9.05. The quantitative estimate of drug-likeness (QED) is 0.363. The van der Waals surface area contributed by atoms with Gasteiger partial charge in [0.1, 0.15) is 21.3 Å². The fourth-order valence-corrected chi connectivity index (χ4v) is 7.58. The van der Waals surface area contributed by atoms with Crippen molar-refractivity contribution < 1.29 is 17.9 Å². The molecule has 2 fully saturated rings. The summed E-state index contributed by atoms with van der Waals surface area (Å²) in [6, 6.07) is 8.80. The highest BCUT2D eigenvalue weighted by Gasteiger charge is 2.42. The van der Waals surface area contributed by atoms with Gasteiger partial charge in [0.15, 0.2) is 9.84 Å². The van der Waals surface area contributed by atoms with Gasteiger partial charge in [-0.3, -0.25) is 18.9 Å². The summed E-state index contributed by atoms with van der Waals surface area (Å²) >= 11 is 6.46. The van der Waals surface area contributed by atoms with Gasteiger partial charge in [0.2, 0.25) is 5.88 Å². The SMILES string of the molecule is Cc1cc(C)cc(Oc2nc3c(C)cccn3c(=O)c2/C=C2/SC(=S)N(C3CCS(=O)(=O)C3)C2=O)c1. The highest BCUT2D eigenvalue weighted by molar-refractivity contribution is 8.26. The van der Waals surface area contributed by atoms with E-state index in [1.54, 1.807) is 12.3 Å². The standard InChI is InChI=1S/C25H23N3O5S3/c1-14-9-15(2)11-18(10-14)33-22-19(23(29)27-7-4-5-16(3)21(27)26-22)12-20-24(30)28(25(34)35-20)17-6-8-36(31,32)13-17/h4-5,7,9-12,17H,6,8,13H2,1-3H3/b20-12+. The maximum Gasteiger partial charge on any atom is 0.269 e. The molecule has 5 rings (SSSR count). The van der Waals surface area contributed by atoms with Crippen LogP contribution in [0.2, 0.25) is 0 Å². The number of amides is 1. The van der Waals surface area contributed by atoms with E-state index in [9.17, 15) is 18.0 Å². The molecule has 1 atom stereocenters. The Kier molecular flexibility index (Phi) is 6.26. The number of pyridine rings is 1. The van der Waals surface area contributed by atoms with Crippen molar-refractivity contribution in [1.29, 1.82) is 0 Å². The predicted molar refractivity (Wildman–Crippen MR) is 144 cm³/mol. The molecular weight excluding hydrogens is 518 g/mol. The van der Waals surface area contributed by atoms with Crippen LogP contribution in [0.3, 0.4) is 0 Å². The van der Waals surface area contributed by atoms with E-state index in [-0.39, 0.29) is 32.2 Å². The number of sulfone groups is 1. The number of benzene rings is 1. The van der Waals surface area contributed by atoms with Crippen molar-refractivity contribution in [2.24, 2.45) is 0 Å². The first-order valence-corrected chi connectivity index (χ1v) is 14.3. The van der Waals surface area contributed by atoms with E-state index in [1.807, 2.05) is 45.0 Å². The van der Waals surface area contributed by atoms with Crippen LogP contribution in [0.15, 0.2) is 46.2 Å². The molecule has 1 amide bonds. The molecule has 3 aromatic rings. The number of thiocarbonyl (C=S) groups is 1. The number of hydrogen-bond donors (Lipinski definition) is 0. The van der Waals surface area contributed by atoms with E-state index < -0.39 is 27.3 Å². The molecule has 0 spiro atoms. The maximum absolute atomic E-state index is 13.6. The van der Waals surface area contributed by atoms with Crippen LogP contribution in [0.5, 0.6) is 11.6 Å². The summed E-state index contributed by atoms with van der Waals surface area (Å²) in [4.78, 5) is 33.1. The minimum Gasteiger partial charge on any atom is -0.438 e. The highest BCUT2D eigenvalue weighted by atomic mass is 32.2. The van der Waals surface area contributed by atoms with Crippen molar-refractivity contribution in [1.82, 2.24) is 14.3 Å². The van der Waals surface area contributed by atoms with Crippen molar-refractivity contribution in [2.45, 2.75) is 33.2 Å². The monoisotopic (exact) mass is 541 g/mol. The third-order valence-electron chi connectivity index (χ3n) is 6.13. The number of carbonyl (C=O) groups is 1. The first-order valence-electron chi connectivity index (χ1n) is 11.3. The summed E-state index contributed by atoms with van der Waals surface area (Å²) < 4.78 is 31.8. The molecular formula is C25H23N3O5S3. The van der Waals surface area contributed by atoms with E-state index in [4.69, 9.17) is 17.0 Å². The van der Waals surface area contributed by atoms with Crippen molar-refractivity contribution in [3.05, 3.63) is 74.0 Å². The number of ether oxygens (including phenoxy) is 1. The van der Waals surface area contributed by atoms with E-state index in [0.717, 1.165) is 28.5 Å². The Morgan fingerprint density at radius 1 is 1.17 bits per heavy atom. The number of thioether (sulfide) groups is 1. The first-order chi connectivity index (χ1) is 17.0. The average molecular weight is 542 g/mol. The molecule has 2 aliphatic heterocycles. The zero-order chi connectivity index (χ0) is 25.8. The number of nitrogens with zero attached hydrogens (tertiary/aromatic N) is 3. The summed E-state index contributed by atoms with van der Waals surface area (Å²) in [7, 11) is -3.21. The molecule has 2 aromatic heterocycles. The lowest BCUT2D eigenvalue weighted by Crippen LogP contribution is -2.39. The molecule has 186 valence electrons. The number of aryl methyl sites for hydroxylation is 3. The molecule has 0 saturated carbocycles. The molecule has 2 saturated heterocycles. The van der Waals surface area contributed by atoms with Gasteiger partial charge >= 0.3 is 0 Å². The molecule has 0 bridgehead atoms. The molecule has 36 heavy (non-hydrogen) atoms. The van der Waals surface area contributed by atoms with E-state index in [1.165, 1.54) is 15.4 Å². The van der Waals surface area contributed by atoms with Crippen molar-refractivity contribution >= 4 is 55.8 Å². The summed E-state index contributed by atoms with van der Waals surface area (Å²) in [5, 5.41) is 0. The molecule has 11 heteroatoms.